The monoisotopic (exact) mass is 164 g/mol. The van der Waals surface area contributed by atoms with Crippen LogP contribution in [0.15, 0.2) is 0 Å². The number of ether oxygens (including phenoxy) is 1. The van der Waals surface area contributed by atoms with Gasteiger partial charge < -0.3 is 4.74 Å². The van der Waals surface area contributed by atoms with Crippen LogP contribution < -0.4 is 0 Å². The summed E-state index contributed by atoms with van der Waals surface area (Å²) in [6.07, 6.45) is -1.93. The average molecular weight is 164 g/mol. The van der Waals surface area contributed by atoms with Crippen LogP contribution in [0.5, 0.6) is 0 Å². The number of alkyl halides is 2. The van der Waals surface area contributed by atoms with Crippen LogP contribution in [0.3, 0.4) is 0 Å². The second-order valence-corrected chi connectivity index (χ2v) is 3.22. The Bertz CT molecular complexity index is 127. The second-order valence-electron chi connectivity index (χ2n) is 3.22. The molecular formula is C8H14F2O. The van der Waals surface area contributed by atoms with Gasteiger partial charge >= 0.3 is 0 Å². The molecular weight excluding hydrogens is 150 g/mol. The van der Waals surface area contributed by atoms with Crippen molar-refractivity contribution < 1.29 is 13.5 Å². The zero-order valence-electron chi connectivity index (χ0n) is 6.89. The van der Waals surface area contributed by atoms with Crippen molar-refractivity contribution >= 4 is 0 Å². The van der Waals surface area contributed by atoms with Crippen molar-refractivity contribution in [2.45, 2.75) is 38.2 Å². The molecule has 1 fully saturated rings. The van der Waals surface area contributed by atoms with E-state index in [0.717, 1.165) is 6.42 Å². The molecule has 0 aliphatic heterocycles. The summed E-state index contributed by atoms with van der Waals surface area (Å²) in [7, 11) is 1.43. The largest absolute Gasteiger partial charge is 0.378 e. The molecule has 3 heteroatoms. The van der Waals surface area contributed by atoms with Crippen LogP contribution in [-0.4, -0.2) is 25.6 Å². The Morgan fingerprint density at radius 3 is 2.36 bits per heavy atom. The van der Waals surface area contributed by atoms with Crippen LogP contribution in [0.2, 0.25) is 0 Å². The lowest BCUT2D eigenvalue weighted by Gasteiger charge is -2.31. The molecule has 0 spiro atoms. The first kappa shape index (κ1) is 8.91. The van der Waals surface area contributed by atoms with Crippen molar-refractivity contribution in [3.05, 3.63) is 0 Å². The third-order valence-corrected chi connectivity index (χ3v) is 2.41. The molecule has 4 atom stereocenters. The number of halogens is 2. The molecule has 1 aliphatic carbocycles. The quantitative estimate of drug-likeness (QED) is 0.576. The van der Waals surface area contributed by atoms with Gasteiger partial charge in [-0.2, -0.15) is 0 Å². The molecule has 1 saturated carbocycles. The molecule has 0 heterocycles. The number of hydrogen-bond donors (Lipinski definition) is 0. The lowest BCUT2D eigenvalue weighted by Crippen LogP contribution is -2.41. The predicted molar refractivity (Wildman–Crippen MR) is 39.0 cm³/mol. The third-order valence-electron chi connectivity index (χ3n) is 2.41. The van der Waals surface area contributed by atoms with E-state index in [1.807, 2.05) is 0 Å². The molecule has 11 heavy (non-hydrogen) atoms. The molecule has 1 aliphatic rings. The summed E-state index contributed by atoms with van der Waals surface area (Å²) in [5.41, 5.74) is 0. The highest BCUT2D eigenvalue weighted by atomic mass is 19.2. The molecule has 0 aromatic rings. The molecule has 1 rings (SSSR count). The first-order valence-corrected chi connectivity index (χ1v) is 3.97. The van der Waals surface area contributed by atoms with Gasteiger partial charge in [0.05, 0.1) is 6.10 Å². The summed E-state index contributed by atoms with van der Waals surface area (Å²) >= 11 is 0. The Hall–Kier alpha value is -0.180. The van der Waals surface area contributed by atoms with Crippen molar-refractivity contribution in [2.75, 3.05) is 7.11 Å². The summed E-state index contributed by atoms with van der Waals surface area (Å²) in [6, 6.07) is 0. The lowest BCUT2D eigenvalue weighted by atomic mass is 9.86. The van der Waals surface area contributed by atoms with E-state index in [9.17, 15) is 8.78 Å². The normalized spacial score (nSPS) is 45.8. The molecule has 0 N–H and O–H groups in total. The minimum atomic E-state index is -1.43. The molecule has 3 unspecified atom stereocenters. The topological polar surface area (TPSA) is 9.23 Å². The highest BCUT2D eigenvalue weighted by Gasteiger charge is 2.37. The van der Waals surface area contributed by atoms with Crippen LogP contribution in [0.25, 0.3) is 0 Å². The van der Waals surface area contributed by atoms with Gasteiger partial charge in [0.1, 0.15) is 6.17 Å². The standard InChI is InChI=1S/C8H14F2O/c1-5-3-4-6(11-2)8(10)7(5)9/h5-8H,3-4H2,1-2H3/t5-,6?,7?,8?/m1/s1. The first-order valence-electron chi connectivity index (χ1n) is 3.97. The number of methoxy groups -OCH3 is 1. The van der Waals surface area contributed by atoms with Gasteiger partial charge in [0.15, 0.2) is 6.17 Å². The van der Waals surface area contributed by atoms with Gasteiger partial charge in [0.2, 0.25) is 0 Å². The van der Waals surface area contributed by atoms with Gasteiger partial charge in [-0.1, -0.05) is 6.92 Å². The molecule has 0 bridgehead atoms. The Morgan fingerprint density at radius 2 is 1.82 bits per heavy atom. The van der Waals surface area contributed by atoms with E-state index in [1.165, 1.54) is 7.11 Å². The fourth-order valence-corrected chi connectivity index (χ4v) is 1.51. The molecule has 0 aromatic carbocycles. The van der Waals surface area contributed by atoms with Crippen molar-refractivity contribution in [3.63, 3.8) is 0 Å². The Kier molecular flexibility index (Phi) is 2.82. The van der Waals surface area contributed by atoms with E-state index in [1.54, 1.807) is 6.92 Å². The Balaban J connectivity index is 2.52. The summed E-state index contributed by atoms with van der Waals surface area (Å²) in [5, 5.41) is 0. The highest BCUT2D eigenvalue weighted by molar-refractivity contribution is 4.86. The summed E-state index contributed by atoms with van der Waals surface area (Å²) in [6.45, 7) is 1.74. The summed E-state index contributed by atoms with van der Waals surface area (Å²) in [5.74, 6) is -0.156. The van der Waals surface area contributed by atoms with Crippen molar-refractivity contribution in [1.29, 1.82) is 0 Å². The van der Waals surface area contributed by atoms with E-state index < -0.39 is 18.4 Å². The van der Waals surface area contributed by atoms with Crippen LogP contribution in [0.4, 0.5) is 8.78 Å². The van der Waals surface area contributed by atoms with Gasteiger partial charge in [-0.05, 0) is 18.8 Å². The van der Waals surface area contributed by atoms with Gasteiger partial charge in [-0.3, -0.25) is 0 Å². The lowest BCUT2D eigenvalue weighted by molar-refractivity contribution is -0.0521. The number of rotatable bonds is 1. The van der Waals surface area contributed by atoms with Crippen LogP contribution in [-0.2, 0) is 4.74 Å². The van der Waals surface area contributed by atoms with Gasteiger partial charge in [0, 0.05) is 7.11 Å². The number of hydrogen-bond acceptors (Lipinski definition) is 1. The predicted octanol–water partition coefficient (Wildman–Crippen LogP) is 2.11. The maximum Gasteiger partial charge on any atom is 0.157 e. The summed E-state index contributed by atoms with van der Waals surface area (Å²) in [4.78, 5) is 0. The highest BCUT2D eigenvalue weighted by Crippen LogP contribution is 2.30. The Morgan fingerprint density at radius 1 is 1.18 bits per heavy atom. The molecule has 0 saturated heterocycles. The van der Waals surface area contributed by atoms with Crippen molar-refractivity contribution in [2.24, 2.45) is 5.92 Å². The fraction of sp³-hybridized carbons (Fsp3) is 1.00. The third kappa shape index (κ3) is 1.70. The SMILES string of the molecule is COC1CC[C@@H](C)C(F)C1F. The second kappa shape index (κ2) is 3.48. The van der Waals surface area contributed by atoms with E-state index in [2.05, 4.69) is 0 Å². The van der Waals surface area contributed by atoms with E-state index in [4.69, 9.17) is 4.74 Å². The van der Waals surface area contributed by atoms with E-state index in [-0.39, 0.29) is 5.92 Å². The zero-order chi connectivity index (χ0) is 8.43. The molecule has 0 amide bonds. The van der Waals surface area contributed by atoms with Gasteiger partial charge in [-0.25, -0.2) is 8.78 Å². The molecule has 1 nitrogen and oxygen atoms in total. The average Bonchev–Trinajstić information content (AvgIpc) is 2.01. The first-order chi connectivity index (χ1) is 5.16. The Labute approximate surface area is 65.7 Å². The van der Waals surface area contributed by atoms with Crippen molar-refractivity contribution in [3.8, 4) is 0 Å². The summed E-state index contributed by atoms with van der Waals surface area (Å²) < 4.78 is 30.8. The van der Waals surface area contributed by atoms with Crippen LogP contribution in [0, 0.1) is 5.92 Å². The fourth-order valence-electron chi connectivity index (χ4n) is 1.51. The maximum absolute atomic E-state index is 13.0. The maximum atomic E-state index is 13.0. The minimum absolute atomic E-state index is 0.156. The van der Waals surface area contributed by atoms with Gasteiger partial charge in [0.25, 0.3) is 0 Å². The molecule has 0 aromatic heterocycles. The van der Waals surface area contributed by atoms with E-state index in [0.29, 0.717) is 6.42 Å². The van der Waals surface area contributed by atoms with Crippen LogP contribution >= 0.6 is 0 Å². The van der Waals surface area contributed by atoms with Crippen LogP contribution in [0.1, 0.15) is 19.8 Å². The smallest absolute Gasteiger partial charge is 0.157 e. The van der Waals surface area contributed by atoms with Crippen molar-refractivity contribution in [1.82, 2.24) is 0 Å². The van der Waals surface area contributed by atoms with E-state index >= 15 is 0 Å². The molecule has 0 radical (unpaired) electrons. The minimum Gasteiger partial charge on any atom is -0.378 e. The molecule has 66 valence electrons. The zero-order valence-corrected chi connectivity index (χ0v) is 6.89. The van der Waals surface area contributed by atoms with Gasteiger partial charge in [-0.15, -0.1) is 0 Å².